The van der Waals surface area contributed by atoms with Gasteiger partial charge in [-0.15, -0.1) is 11.8 Å². The van der Waals surface area contributed by atoms with Crippen molar-refractivity contribution >= 4 is 29.2 Å². The van der Waals surface area contributed by atoms with Crippen LogP contribution in [0.5, 0.6) is 0 Å². The molecule has 0 aliphatic heterocycles. The summed E-state index contributed by atoms with van der Waals surface area (Å²) < 4.78 is 4.87. The Bertz CT molecular complexity index is 569. The van der Waals surface area contributed by atoms with Crippen molar-refractivity contribution in [3.63, 3.8) is 0 Å². The van der Waals surface area contributed by atoms with E-state index in [9.17, 15) is 4.79 Å². The standard InChI is InChI=1S/C13H15N3O2S/c1-9-7-12(16-18-9)15-13(17)5-6-19-11-4-2-3-10(14)8-11/h2-4,7-8H,5-6,14H2,1H3,(H,15,16,17). The smallest absolute Gasteiger partial charge is 0.226 e. The summed E-state index contributed by atoms with van der Waals surface area (Å²) in [6.07, 6.45) is 0.408. The van der Waals surface area contributed by atoms with Gasteiger partial charge in [-0.25, -0.2) is 0 Å². The number of aryl methyl sites for hydroxylation is 1. The molecule has 0 fully saturated rings. The van der Waals surface area contributed by atoms with Crippen molar-refractivity contribution < 1.29 is 9.32 Å². The van der Waals surface area contributed by atoms with Crippen LogP contribution in [0.3, 0.4) is 0 Å². The monoisotopic (exact) mass is 277 g/mol. The van der Waals surface area contributed by atoms with Crippen molar-refractivity contribution in [1.29, 1.82) is 0 Å². The number of benzene rings is 1. The summed E-state index contributed by atoms with van der Waals surface area (Å²) in [4.78, 5) is 12.7. The van der Waals surface area contributed by atoms with Crippen molar-refractivity contribution in [2.75, 3.05) is 16.8 Å². The molecule has 0 bridgehead atoms. The number of nitrogens with zero attached hydrogens (tertiary/aromatic N) is 1. The number of carbonyl (C=O) groups excluding carboxylic acids is 1. The molecule has 0 aliphatic rings. The highest BCUT2D eigenvalue weighted by molar-refractivity contribution is 7.99. The Morgan fingerprint density at radius 1 is 1.47 bits per heavy atom. The van der Waals surface area contributed by atoms with Crippen LogP contribution >= 0.6 is 11.8 Å². The zero-order valence-electron chi connectivity index (χ0n) is 10.6. The summed E-state index contributed by atoms with van der Waals surface area (Å²) in [6, 6.07) is 9.28. The summed E-state index contributed by atoms with van der Waals surface area (Å²) in [6.45, 7) is 1.78. The number of nitrogens with two attached hydrogens (primary N) is 1. The highest BCUT2D eigenvalue weighted by atomic mass is 32.2. The third kappa shape index (κ3) is 4.33. The predicted octanol–water partition coefficient (Wildman–Crippen LogP) is 2.69. The fourth-order valence-electron chi connectivity index (χ4n) is 1.50. The summed E-state index contributed by atoms with van der Waals surface area (Å²) in [5.41, 5.74) is 6.41. The van der Waals surface area contributed by atoms with Gasteiger partial charge in [0.15, 0.2) is 5.82 Å². The van der Waals surface area contributed by atoms with E-state index in [4.69, 9.17) is 10.3 Å². The molecular weight excluding hydrogens is 262 g/mol. The average Bonchev–Trinajstić information content (AvgIpc) is 2.75. The van der Waals surface area contributed by atoms with Gasteiger partial charge in [-0.1, -0.05) is 11.2 Å². The lowest BCUT2D eigenvalue weighted by molar-refractivity contribution is -0.115. The molecule has 2 rings (SSSR count). The fourth-order valence-corrected chi connectivity index (χ4v) is 2.41. The molecule has 0 saturated carbocycles. The van der Waals surface area contributed by atoms with Gasteiger partial charge >= 0.3 is 0 Å². The Morgan fingerprint density at radius 3 is 3.00 bits per heavy atom. The van der Waals surface area contributed by atoms with Gasteiger partial charge in [-0.3, -0.25) is 4.79 Å². The van der Waals surface area contributed by atoms with E-state index in [1.165, 1.54) is 0 Å². The topological polar surface area (TPSA) is 81.2 Å². The maximum absolute atomic E-state index is 11.6. The molecule has 1 amide bonds. The molecule has 1 heterocycles. The molecule has 2 aromatic rings. The minimum absolute atomic E-state index is 0.0790. The van der Waals surface area contributed by atoms with E-state index in [2.05, 4.69) is 10.5 Å². The lowest BCUT2D eigenvalue weighted by Gasteiger charge is -2.03. The summed E-state index contributed by atoms with van der Waals surface area (Å²) >= 11 is 1.59. The zero-order valence-corrected chi connectivity index (χ0v) is 11.4. The Hall–Kier alpha value is -1.95. The highest BCUT2D eigenvalue weighted by Gasteiger charge is 2.06. The van der Waals surface area contributed by atoms with Crippen LogP contribution in [-0.4, -0.2) is 16.8 Å². The Labute approximate surface area is 115 Å². The normalized spacial score (nSPS) is 10.4. The first kappa shape index (κ1) is 13.5. The Morgan fingerprint density at radius 2 is 2.32 bits per heavy atom. The van der Waals surface area contributed by atoms with Crippen molar-refractivity contribution in [2.24, 2.45) is 0 Å². The highest BCUT2D eigenvalue weighted by Crippen LogP contribution is 2.21. The zero-order chi connectivity index (χ0) is 13.7. The number of aromatic nitrogens is 1. The lowest BCUT2D eigenvalue weighted by atomic mass is 10.3. The molecule has 0 saturated heterocycles. The maximum atomic E-state index is 11.6. The van der Waals surface area contributed by atoms with E-state index in [1.54, 1.807) is 24.8 Å². The van der Waals surface area contributed by atoms with Gasteiger partial charge in [0.1, 0.15) is 5.76 Å². The number of amides is 1. The molecule has 100 valence electrons. The SMILES string of the molecule is Cc1cc(NC(=O)CCSc2cccc(N)c2)no1. The van der Waals surface area contributed by atoms with Crippen LogP contribution in [0, 0.1) is 6.92 Å². The molecule has 0 aliphatic carbocycles. The summed E-state index contributed by atoms with van der Waals surface area (Å²) in [5.74, 6) is 1.73. The second-order valence-corrected chi connectivity index (χ2v) is 5.21. The predicted molar refractivity (Wildman–Crippen MR) is 76.1 cm³/mol. The van der Waals surface area contributed by atoms with Crippen molar-refractivity contribution in [3.8, 4) is 0 Å². The molecule has 6 heteroatoms. The molecular formula is C13H15N3O2S. The number of carbonyl (C=O) groups is 1. The third-order valence-electron chi connectivity index (χ3n) is 2.35. The van der Waals surface area contributed by atoms with Crippen LogP contribution in [0.15, 0.2) is 39.8 Å². The summed E-state index contributed by atoms with van der Waals surface area (Å²) in [5, 5.41) is 6.38. The van der Waals surface area contributed by atoms with Crippen molar-refractivity contribution in [2.45, 2.75) is 18.2 Å². The number of nitrogens with one attached hydrogen (secondary N) is 1. The molecule has 0 atom stereocenters. The van der Waals surface area contributed by atoms with Gasteiger partial charge in [0.05, 0.1) is 0 Å². The Kier molecular flexibility index (Phi) is 4.46. The number of nitrogen functional groups attached to an aromatic ring is 1. The van der Waals surface area contributed by atoms with Crippen LogP contribution < -0.4 is 11.1 Å². The molecule has 0 unspecified atom stereocenters. The van der Waals surface area contributed by atoms with Gasteiger partial charge < -0.3 is 15.6 Å². The molecule has 1 aromatic carbocycles. The first-order chi connectivity index (χ1) is 9.13. The van der Waals surface area contributed by atoms with Gasteiger partial charge in [0.25, 0.3) is 0 Å². The third-order valence-corrected chi connectivity index (χ3v) is 3.35. The number of anilines is 2. The maximum Gasteiger partial charge on any atom is 0.226 e. The van der Waals surface area contributed by atoms with Gasteiger partial charge in [0.2, 0.25) is 5.91 Å². The minimum Gasteiger partial charge on any atom is -0.399 e. The van der Waals surface area contributed by atoms with Crippen LogP contribution in [0.25, 0.3) is 0 Å². The van der Waals surface area contributed by atoms with Gasteiger partial charge in [0, 0.05) is 28.8 Å². The van der Waals surface area contributed by atoms with Gasteiger partial charge in [-0.05, 0) is 25.1 Å². The lowest BCUT2D eigenvalue weighted by Crippen LogP contribution is -2.12. The second kappa shape index (κ2) is 6.29. The van der Waals surface area contributed by atoms with E-state index in [0.717, 1.165) is 10.6 Å². The molecule has 3 N–H and O–H groups in total. The number of thioether (sulfide) groups is 1. The average molecular weight is 277 g/mol. The number of rotatable bonds is 5. The first-order valence-electron chi connectivity index (χ1n) is 5.85. The second-order valence-electron chi connectivity index (χ2n) is 4.04. The van der Waals surface area contributed by atoms with Crippen LogP contribution in [0.4, 0.5) is 11.5 Å². The molecule has 0 spiro atoms. The van der Waals surface area contributed by atoms with E-state index in [1.807, 2.05) is 24.3 Å². The van der Waals surface area contributed by atoms with Crippen LogP contribution in [0.2, 0.25) is 0 Å². The van der Waals surface area contributed by atoms with Gasteiger partial charge in [-0.2, -0.15) is 0 Å². The number of hydrogen-bond donors (Lipinski definition) is 2. The fraction of sp³-hybridized carbons (Fsp3) is 0.231. The minimum atomic E-state index is -0.0790. The molecule has 1 aromatic heterocycles. The van der Waals surface area contributed by atoms with E-state index < -0.39 is 0 Å². The van der Waals surface area contributed by atoms with Crippen LogP contribution in [-0.2, 0) is 4.79 Å². The Balaban J connectivity index is 1.75. The number of hydrogen-bond acceptors (Lipinski definition) is 5. The van der Waals surface area contributed by atoms with Crippen LogP contribution in [0.1, 0.15) is 12.2 Å². The quantitative estimate of drug-likeness (QED) is 0.648. The van der Waals surface area contributed by atoms with E-state index in [-0.39, 0.29) is 5.91 Å². The van der Waals surface area contributed by atoms with Crippen molar-refractivity contribution in [3.05, 3.63) is 36.1 Å². The molecule has 0 radical (unpaired) electrons. The molecule has 5 nitrogen and oxygen atoms in total. The molecule has 19 heavy (non-hydrogen) atoms. The van der Waals surface area contributed by atoms with Crippen molar-refractivity contribution in [1.82, 2.24) is 5.16 Å². The first-order valence-corrected chi connectivity index (χ1v) is 6.83. The largest absolute Gasteiger partial charge is 0.399 e. The summed E-state index contributed by atoms with van der Waals surface area (Å²) in [7, 11) is 0. The van der Waals surface area contributed by atoms with E-state index >= 15 is 0 Å². The van der Waals surface area contributed by atoms with E-state index in [0.29, 0.717) is 23.8 Å².